The highest BCUT2D eigenvalue weighted by atomic mass is 17.2. The van der Waals surface area contributed by atoms with Gasteiger partial charge in [0.25, 0.3) is 0 Å². The van der Waals surface area contributed by atoms with Gasteiger partial charge in [-0.1, -0.05) is 42.8 Å². The first-order valence-corrected chi connectivity index (χ1v) is 7.61. The highest BCUT2D eigenvalue weighted by Gasteiger charge is 2.48. The van der Waals surface area contributed by atoms with Crippen LogP contribution in [0.3, 0.4) is 0 Å². The quantitative estimate of drug-likeness (QED) is 0.777. The highest BCUT2D eigenvalue weighted by Crippen LogP contribution is 2.42. The summed E-state index contributed by atoms with van der Waals surface area (Å²) >= 11 is 0. The van der Waals surface area contributed by atoms with Crippen LogP contribution in [0.25, 0.3) is 6.08 Å². The molecule has 0 radical (unpaired) electrons. The van der Waals surface area contributed by atoms with E-state index in [4.69, 9.17) is 9.78 Å². The number of carbonyl (C=O) groups is 1. The zero-order valence-electron chi connectivity index (χ0n) is 12.8. The standard InChI is InChI=1S/C18H22O3/c1-12-4-6-14(7-5-12)8-9-18(3)15-10-16(19)13(2)17(11-15)20-21-18/h4-9,13,15,17H,10-11H2,1-3H3/t13-,15+,17+,18+/m1/s1. The van der Waals surface area contributed by atoms with Crippen LogP contribution in [0.2, 0.25) is 0 Å². The largest absolute Gasteiger partial charge is 0.299 e. The molecule has 0 amide bonds. The fourth-order valence-corrected chi connectivity index (χ4v) is 3.10. The van der Waals surface area contributed by atoms with E-state index in [1.165, 1.54) is 5.56 Å². The predicted octanol–water partition coefficient (Wildman–Crippen LogP) is 3.71. The minimum absolute atomic E-state index is 0.0492. The summed E-state index contributed by atoms with van der Waals surface area (Å²) in [6, 6.07) is 8.33. The van der Waals surface area contributed by atoms with Crippen molar-refractivity contribution < 1.29 is 14.6 Å². The summed E-state index contributed by atoms with van der Waals surface area (Å²) in [4.78, 5) is 23.2. The summed E-state index contributed by atoms with van der Waals surface area (Å²) < 4.78 is 0. The third-order valence-electron chi connectivity index (χ3n) is 4.88. The molecule has 2 fully saturated rings. The summed E-state index contributed by atoms with van der Waals surface area (Å²) in [6.45, 7) is 6.00. The van der Waals surface area contributed by atoms with Crippen LogP contribution in [-0.2, 0) is 14.6 Å². The molecule has 4 atom stereocenters. The molecule has 1 saturated heterocycles. The Labute approximate surface area is 125 Å². The molecule has 0 aromatic heterocycles. The van der Waals surface area contributed by atoms with E-state index < -0.39 is 5.60 Å². The molecule has 2 bridgehead atoms. The number of aryl methyl sites for hydroxylation is 1. The second-order valence-corrected chi connectivity index (χ2v) is 6.54. The Bertz CT molecular complexity index is 560. The van der Waals surface area contributed by atoms with Crippen LogP contribution >= 0.6 is 0 Å². The van der Waals surface area contributed by atoms with Crippen LogP contribution in [0.5, 0.6) is 0 Å². The molecule has 0 unspecified atom stereocenters. The number of hydrogen-bond donors (Lipinski definition) is 0. The van der Waals surface area contributed by atoms with Gasteiger partial charge in [-0.25, -0.2) is 9.78 Å². The topological polar surface area (TPSA) is 35.5 Å². The molecule has 1 aliphatic heterocycles. The number of benzene rings is 1. The lowest BCUT2D eigenvalue weighted by atomic mass is 9.71. The van der Waals surface area contributed by atoms with E-state index in [1.54, 1.807) is 0 Å². The molecule has 1 aliphatic carbocycles. The molecular formula is C18H22O3. The monoisotopic (exact) mass is 286 g/mol. The third kappa shape index (κ3) is 2.81. The van der Waals surface area contributed by atoms with Crippen molar-refractivity contribution in [1.82, 2.24) is 0 Å². The highest BCUT2D eigenvalue weighted by molar-refractivity contribution is 5.82. The Morgan fingerprint density at radius 1 is 1.29 bits per heavy atom. The Morgan fingerprint density at radius 2 is 2.00 bits per heavy atom. The van der Waals surface area contributed by atoms with Gasteiger partial charge < -0.3 is 0 Å². The van der Waals surface area contributed by atoms with Crippen molar-refractivity contribution in [2.45, 2.75) is 45.3 Å². The van der Waals surface area contributed by atoms with E-state index >= 15 is 0 Å². The first-order chi connectivity index (χ1) is 9.98. The first-order valence-electron chi connectivity index (χ1n) is 7.61. The number of carbonyl (C=O) groups excluding carboxylic acids is 1. The lowest BCUT2D eigenvalue weighted by Crippen LogP contribution is -2.51. The molecule has 3 heteroatoms. The number of Topliss-reactive ketones (excluding diaryl/α,β-unsaturated/α-hetero) is 1. The summed E-state index contributed by atoms with van der Waals surface area (Å²) in [5.74, 6) is 0.433. The summed E-state index contributed by atoms with van der Waals surface area (Å²) in [6.07, 6.45) is 5.46. The van der Waals surface area contributed by atoms with Gasteiger partial charge in [0.1, 0.15) is 17.5 Å². The van der Waals surface area contributed by atoms with E-state index in [1.807, 2.05) is 26.0 Å². The van der Waals surface area contributed by atoms with E-state index in [-0.39, 0.29) is 23.7 Å². The average molecular weight is 286 g/mol. The normalized spacial score (nSPS) is 36.1. The van der Waals surface area contributed by atoms with Gasteiger partial charge in [-0.2, -0.15) is 0 Å². The van der Waals surface area contributed by atoms with Crippen LogP contribution < -0.4 is 0 Å². The Hall–Kier alpha value is -1.45. The van der Waals surface area contributed by atoms with Gasteiger partial charge in [0.2, 0.25) is 0 Å². The molecule has 3 rings (SSSR count). The second-order valence-electron chi connectivity index (χ2n) is 6.54. The molecule has 112 valence electrons. The SMILES string of the molecule is Cc1ccc(C=C[C@]2(C)OO[C@H]3C[C@@H]2CC(=O)[C@H]3C)cc1. The van der Waals surface area contributed by atoms with E-state index in [9.17, 15) is 4.79 Å². The lowest BCUT2D eigenvalue weighted by molar-refractivity contribution is -0.415. The first kappa shape index (κ1) is 14.5. The molecule has 1 aromatic carbocycles. The van der Waals surface area contributed by atoms with Gasteiger partial charge in [0.15, 0.2) is 0 Å². The van der Waals surface area contributed by atoms with Crippen molar-refractivity contribution in [3.05, 3.63) is 41.5 Å². The molecule has 1 saturated carbocycles. The third-order valence-corrected chi connectivity index (χ3v) is 4.88. The van der Waals surface area contributed by atoms with E-state index in [2.05, 4.69) is 31.2 Å². The predicted molar refractivity (Wildman–Crippen MR) is 81.5 cm³/mol. The number of fused-ring (bicyclic) bond motifs is 2. The van der Waals surface area contributed by atoms with Crippen molar-refractivity contribution in [2.75, 3.05) is 0 Å². The molecule has 3 nitrogen and oxygen atoms in total. The summed E-state index contributed by atoms with van der Waals surface area (Å²) in [5.41, 5.74) is 1.84. The van der Waals surface area contributed by atoms with Crippen molar-refractivity contribution in [3.63, 3.8) is 0 Å². The molecule has 21 heavy (non-hydrogen) atoms. The molecule has 0 spiro atoms. The molecule has 1 aromatic rings. The van der Waals surface area contributed by atoms with Crippen LogP contribution in [0.4, 0.5) is 0 Å². The Kier molecular flexibility index (Phi) is 3.72. The Morgan fingerprint density at radius 3 is 2.71 bits per heavy atom. The van der Waals surface area contributed by atoms with Gasteiger partial charge in [-0.15, -0.1) is 0 Å². The maximum atomic E-state index is 12.0. The molecule has 1 heterocycles. The van der Waals surface area contributed by atoms with Crippen LogP contribution in [0.1, 0.15) is 37.8 Å². The lowest BCUT2D eigenvalue weighted by Gasteiger charge is -2.45. The second kappa shape index (κ2) is 5.39. The minimum Gasteiger partial charge on any atom is -0.299 e. The summed E-state index contributed by atoms with van der Waals surface area (Å²) in [7, 11) is 0. The van der Waals surface area contributed by atoms with Gasteiger partial charge in [0.05, 0.1) is 0 Å². The fourth-order valence-electron chi connectivity index (χ4n) is 3.10. The van der Waals surface area contributed by atoms with E-state index in [0.29, 0.717) is 6.42 Å². The summed E-state index contributed by atoms with van der Waals surface area (Å²) in [5, 5.41) is 0. The molecule has 0 N–H and O–H groups in total. The fraction of sp³-hybridized carbons (Fsp3) is 0.500. The number of rotatable bonds is 2. The van der Waals surface area contributed by atoms with Crippen molar-refractivity contribution in [3.8, 4) is 0 Å². The smallest absolute Gasteiger partial charge is 0.138 e. The van der Waals surface area contributed by atoms with Gasteiger partial charge in [-0.05, 0) is 31.9 Å². The van der Waals surface area contributed by atoms with Crippen LogP contribution in [-0.4, -0.2) is 17.5 Å². The average Bonchev–Trinajstić information content (AvgIpc) is 2.47. The van der Waals surface area contributed by atoms with Crippen molar-refractivity contribution in [2.24, 2.45) is 11.8 Å². The number of ketones is 1. The maximum Gasteiger partial charge on any atom is 0.138 e. The molecular weight excluding hydrogens is 264 g/mol. The minimum atomic E-state index is -0.531. The zero-order chi connectivity index (χ0) is 15.0. The van der Waals surface area contributed by atoms with Crippen molar-refractivity contribution in [1.29, 1.82) is 0 Å². The zero-order valence-corrected chi connectivity index (χ0v) is 12.8. The van der Waals surface area contributed by atoms with E-state index in [0.717, 1.165) is 12.0 Å². The number of hydrogen-bond acceptors (Lipinski definition) is 3. The van der Waals surface area contributed by atoms with Crippen LogP contribution in [0.15, 0.2) is 30.3 Å². The van der Waals surface area contributed by atoms with Gasteiger partial charge in [0, 0.05) is 18.3 Å². The van der Waals surface area contributed by atoms with Gasteiger partial charge in [-0.3, -0.25) is 4.79 Å². The maximum absolute atomic E-state index is 12.0. The van der Waals surface area contributed by atoms with Crippen molar-refractivity contribution >= 4 is 11.9 Å². The van der Waals surface area contributed by atoms with Crippen LogP contribution in [0, 0.1) is 18.8 Å². The Balaban J connectivity index is 1.78. The van der Waals surface area contributed by atoms with Gasteiger partial charge >= 0.3 is 0 Å². The molecule has 2 aliphatic rings.